The van der Waals surface area contributed by atoms with Crippen molar-refractivity contribution in [3.8, 4) is 17.0 Å². The van der Waals surface area contributed by atoms with Crippen LogP contribution in [0, 0.1) is 10.1 Å². The molecule has 30 heavy (non-hydrogen) atoms. The Kier molecular flexibility index (Phi) is 6.18. The molecule has 0 aliphatic carbocycles. The molecular weight excluding hydrogens is 406 g/mol. The largest absolute Gasteiger partial charge is 0.507 e. The van der Waals surface area contributed by atoms with Crippen molar-refractivity contribution in [3.63, 3.8) is 0 Å². The Morgan fingerprint density at radius 3 is 2.83 bits per heavy atom. The first-order valence-corrected chi connectivity index (χ1v) is 9.52. The normalized spacial score (nSPS) is 11.7. The van der Waals surface area contributed by atoms with Gasteiger partial charge in [-0.2, -0.15) is 5.10 Å². The van der Waals surface area contributed by atoms with E-state index in [1.807, 2.05) is 0 Å². The third kappa shape index (κ3) is 4.50. The molecule has 3 N–H and O–H groups in total. The van der Waals surface area contributed by atoms with E-state index < -0.39 is 10.8 Å². The first-order valence-electron chi connectivity index (χ1n) is 8.64. The number of aromatic nitrogens is 1. The molecule has 0 aliphatic heterocycles. The monoisotopic (exact) mass is 423 g/mol. The van der Waals surface area contributed by atoms with Gasteiger partial charge >= 0.3 is 0 Å². The van der Waals surface area contributed by atoms with Gasteiger partial charge in [-0.1, -0.05) is 18.2 Å². The number of non-ortho nitro benzene ring substituents is 1. The van der Waals surface area contributed by atoms with Crippen LogP contribution in [0.1, 0.15) is 15.9 Å². The highest BCUT2D eigenvalue weighted by molar-refractivity contribution is 7.07. The van der Waals surface area contributed by atoms with Crippen LogP contribution in [0.2, 0.25) is 0 Å². The third-order valence-corrected chi connectivity index (χ3v) is 4.86. The van der Waals surface area contributed by atoms with Crippen molar-refractivity contribution in [1.82, 2.24) is 4.68 Å². The molecule has 0 fully saturated rings. The van der Waals surface area contributed by atoms with E-state index in [1.165, 1.54) is 41.8 Å². The van der Waals surface area contributed by atoms with Crippen molar-refractivity contribution < 1.29 is 14.8 Å². The lowest BCUT2D eigenvalue weighted by molar-refractivity contribution is -0.384. The predicted octanol–water partition coefficient (Wildman–Crippen LogP) is 2.90. The van der Waals surface area contributed by atoms with E-state index in [0.29, 0.717) is 28.2 Å². The second-order valence-electron chi connectivity index (χ2n) is 6.04. The lowest BCUT2D eigenvalue weighted by Gasteiger charge is -2.06. The zero-order chi connectivity index (χ0) is 21.7. The maximum atomic E-state index is 11.6. The summed E-state index contributed by atoms with van der Waals surface area (Å²) in [5.74, 6) is -0.975. The number of nitrogens with zero attached hydrogens (tertiary/aromatic N) is 4. The third-order valence-electron chi connectivity index (χ3n) is 4.00. The van der Waals surface area contributed by atoms with Gasteiger partial charge in [-0.25, -0.2) is 4.68 Å². The zero-order valence-electron chi connectivity index (χ0n) is 15.6. The number of primary amides is 1. The van der Waals surface area contributed by atoms with Crippen LogP contribution in [0.4, 0.5) is 5.69 Å². The first kappa shape index (κ1) is 20.7. The van der Waals surface area contributed by atoms with Gasteiger partial charge in [-0.15, -0.1) is 17.9 Å². The maximum absolute atomic E-state index is 11.6. The fourth-order valence-electron chi connectivity index (χ4n) is 2.60. The minimum absolute atomic E-state index is 0.0162. The summed E-state index contributed by atoms with van der Waals surface area (Å²) in [5, 5.41) is 27.1. The summed E-state index contributed by atoms with van der Waals surface area (Å²) >= 11 is 1.32. The number of hydrogen-bond donors (Lipinski definition) is 2. The second kappa shape index (κ2) is 8.97. The molecule has 0 radical (unpaired) electrons. The summed E-state index contributed by atoms with van der Waals surface area (Å²) in [5.41, 5.74) is 6.99. The molecule has 0 saturated carbocycles. The molecule has 9 nitrogen and oxygen atoms in total. The van der Waals surface area contributed by atoms with E-state index in [0.717, 1.165) is 0 Å². The van der Waals surface area contributed by atoms with E-state index >= 15 is 0 Å². The maximum Gasteiger partial charge on any atom is 0.270 e. The molecule has 3 aromatic rings. The van der Waals surface area contributed by atoms with Gasteiger partial charge in [0.1, 0.15) is 5.75 Å². The van der Waals surface area contributed by atoms with E-state index in [4.69, 9.17) is 5.73 Å². The Balaban J connectivity index is 2.11. The molecule has 1 aromatic heterocycles. The molecule has 0 bridgehead atoms. The Labute approximate surface area is 174 Å². The van der Waals surface area contributed by atoms with Crippen molar-refractivity contribution in [2.24, 2.45) is 15.8 Å². The highest BCUT2D eigenvalue weighted by Crippen LogP contribution is 2.26. The molecule has 0 unspecified atom stereocenters. The molecular formula is C20H17N5O4S. The number of nitro groups is 1. The van der Waals surface area contributed by atoms with Crippen molar-refractivity contribution in [2.75, 3.05) is 6.54 Å². The number of phenols is 1. The average molecular weight is 423 g/mol. The molecule has 1 amide bonds. The van der Waals surface area contributed by atoms with Crippen LogP contribution >= 0.6 is 11.3 Å². The van der Waals surface area contributed by atoms with Crippen LogP contribution in [0.15, 0.2) is 70.6 Å². The van der Waals surface area contributed by atoms with Crippen LogP contribution in [0.25, 0.3) is 11.3 Å². The predicted molar refractivity (Wildman–Crippen MR) is 115 cm³/mol. The van der Waals surface area contributed by atoms with E-state index in [-0.39, 0.29) is 17.0 Å². The molecule has 0 saturated heterocycles. The number of aromatic hydroxyl groups is 1. The van der Waals surface area contributed by atoms with E-state index in [9.17, 15) is 20.0 Å². The van der Waals surface area contributed by atoms with Gasteiger partial charge in [0, 0.05) is 28.6 Å². The van der Waals surface area contributed by atoms with Crippen LogP contribution < -0.4 is 10.5 Å². The van der Waals surface area contributed by atoms with Crippen molar-refractivity contribution in [3.05, 3.63) is 86.5 Å². The second-order valence-corrected chi connectivity index (χ2v) is 6.87. The average Bonchev–Trinajstić information content (AvgIpc) is 3.13. The van der Waals surface area contributed by atoms with E-state index in [1.54, 1.807) is 34.3 Å². The van der Waals surface area contributed by atoms with Crippen molar-refractivity contribution in [1.29, 1.82) is 0 Å². The molecule has 3 rings (SSSR count). The Morgan fingerprint density at radius 2 is 2.13 bits per heavy atom. The fourth-order valence-corrected chi connectivity index (χ4v) is 3.44. The van der Waals surface area contributed by atoms with Gasteiger partial charge in [0.15, 0.2) is 0 Å². The van der Waals surface area contributed by atoms with Gasteiger partial charge < -0.3 is 10.8 Å². The summed E-state index contributed by atoms with van der Waals surface area (Å²) in [6, 6.07) is 10.5. The highest BCUT2D eigenvalue weighted by atomic mass is 32.1. The van der Waals surface area contributed by atoms with Gasteiger partial charge in [-0.05, 0) is 18.2 Å². The minimum atomic E-state index is -0.757. The number of hydrogen-bond acceptors (Lipinski definition) is 7. The van der Waals surface area contributed by atoms with Gasteiger partial charge in [0.05, 0.1) is 28.9 Å². The Bertz CT molecular complexity index is 1230. The summed E-state index contributed by atoms with van der Waals surface area (Å²) in [4.78, 5) is 27.0. The SMILES string of the molecule is C=CCN=c1scc(-c2ccc(O)c(C(N)=O)c2)n1/N=C\c1cccc([N+](=O)[O-])c1. The van der Waals surface area contributed by atoms with Crippen LogP contribution in [0.3, 0.4) is 0 Å². The number of nitro benzene ring substituents is 1. The van der Waals surface area contributed by atoms with Gasteiger partial charge in [0.25, 0.3) is 11.6 Å². The number of amides is 1. The molecule has 10 heteroatoms. The molecule has 0 aliphatic rings. The number of carbonyl (C=O) groups excluding carboxylic acids is 1. The first-order chi connectivity index (χ1) is 14.4. The smallest absolute Gasteiger partial charge is 0.270 e. The summed E-state index contributed by atoms with van der Waals surface area (Å²) in [6.45, 7) is 4.02. The number of benzene rings is 2. The molecule has 152 valence electrons. The molecule has 1 heterocycles. The van der Waals surface area contributed by atoms with Crippen LogP contribution in [-0.4, -0.2) is 33.4 Å². The van der Waals surface area contributed by atoms with E-state index in [2.05, 4.69) is 16.7 Å². The quantitative estimate of drug-likeness (QED) is 0.261. The topological polar surface area (TPSA) is 136 Å². The van der Waals surface area contributed by atoms with Crippen LogP contribution in [0.5, 0.6) is 5.75 Å². The zero-order valence-corrected chi connectivity index (χ0v) is 16.5. The summed E-state index contributed by atoms with van der Waals surface area (Å²) in [6.07, 6.45) is 3.12. The Morgan fingerprint density at radius 1 is 1.33 bits per heavy atom. The number of carbonyl (C=O) groups is 1. The minimum Gasteiger partial charge on any atom is -0.507 e. The molecule has 0 spiro atoms. The summed E-state index contributed by atoms with van der Waals surface area (Å²) in [7, 11) is 0. The van der Waals surface area contributed by atoms with Gasteiger partial charge in [0.2, 0.25) is 4.80 Å². The Hall–Kier alpha value is -4.05. The van der Waals surface area contributed by atoms with Crippen molar-refractivity contribution in [2.45, 2.75) is 0 Å². The number of thiazole rings is 1. The number of nitrogens with two attached hydrogens (primary N) is 1. The molecule has 0 atom stereocenters. The van der Waals surface area contributed by atoms with Gasteiger partial charge in [-0.3, -0.25) is 19.9 Å². The lowest BCUT2D eigenvalue weighted by atomic mass is 10.1. The van der Waals surface area contributed by atoms with Crippen molar-refractivity contribution >= 4 is 29.1 Å². The standard InChI is InChI=1S/C20H17N5O4S/c1-2-8-22-20-24(23-11-13-4-3-5-15(9-13)25(28)29)17(12-30-20)14-6-7-18(26)16(10-14)19(21)27/h2-7,9-12,26H,1,8H2,(H2,21,27)/b22-20?,23-11-. The lowest BCUT2D eigenvalue weighted by Crippen LogP contribution is -2.13. The highest BCUT2D eigenvalue weighted by Gasteiger charge is 2.13. The fraction of sp³-hybridized carbons (Fsp3) is 0.0500. The summed E-state index contributed by atoms with van der Waals surface area (Å²) < 4.78 is 1.55. The number of rotatable bonds is 7. The van der Waals surface area contributed by atoms with Crippen LogP contribution in [-0.2, 0) is 0 Å². The molecule has 2 aromatic carbocycles.